The second-order valence-electron chi connectivity index (χ2n) is 2.98. The number of rotatable bonds is 5. The van der Waals surface area contributed by atoms with E-state index in [1.165, 1.54) is 10.9 Å². The molecule has 84 valence electrons. The Morgan fingerprint density at radius 2 is 2.33 bits per heavy atom. The quantitative estimate of drug-likeness (QED) is 0.376. The number of hydrogen-bond acceptors (Lipinski definition) is 5. The average Bonchev–Trinajstić information content (AvgIpc) is 2.25. The molecule has 6 nitrogen and oxygen atoms in total. The summed E-state index contributed by atoms with van der Waals surface area (Å²) in [5.74, 6) is 5.14. The van der Waals surface area contributed by atoms with Gasteiger partial charge in [-0.25, -0.2) is 4.68 Å². The molecule has 1 aromatic rings. The molecule has 0 radical (unpaired) electrons. The van der Waals surface area contributed by atoms with E-state index >= 15 is 0 Å². The number of aliphatic hydroxyl groups is 1. The minimum Gasteiger partial charge on any atom is -0.396 e. The number of nitrogens with zero attached hydrogens (tertiary/aromatic N) is 2. The van der Waals surface area contributed by atoms with Gasteiger partial charge in [-0.05, 0) is 12.8 Å². The van der Waals surface area contributed by atoms with Gasteiger partial charge in [0.2, 0.25) is 0 Å². The number of hydrazine groups is 1. The Bertz CT molecular complexity index is 379. The Morgan fingerprint density at radius 1 is 1.60 bits per heavy atom. The molecule has 1 aromatic heterocycles. The third kappa shape index (κ3) is 2.92. The van der Waals surface area contributed by atoms with Crippen LogP contribution in [0.5, 0.6) is 0 Å². The van der Waals surface area contributed by atoms with Crippen LogP contribution in [0.3, 0.4) is 0 Å². The van der Waals surface area contributed by atoms with Crippen molar-refractivity contribution >= 4 is 17.3 Å². The van der Waals surface area contributed by atoms with Crippen LogP contribution >= 0.6 is 11.6 Å². The average molecular weight is 233 g/mol. The summed E-state index contributed by atoms with van der Waals surface area (Å²) in [6, 6.07) is 0. The summed E-state index contributed by atoms with van der Waals surface area (Å²) >= 11 is 5.75. The number of unbranched alkanes of at least 4 members (excludes halogenated alkanes) is 1. The summed E-state index contributed by atoms with van der Waals surface area (Å²) in [6.07, 6.45) is 2.69. The van der Waals surface area contributed by atoms with Gasteiger partial charge in [0.05, 0.1) is 11.9 Å². The van der Waals surface area contributed by atoms with Crippen LogP contribution in [0.15, 0.2) is 11.0 Å². The fraction of sp³-hybridized carbons (Fsp3) is 0.500. The highest BCUT2D eigenvalue weighted by molar-refractivity contribution is 6.32. The summed E-state index contributed by atoms with van der Waals surface area (Å²) in [5.41, 5.74) is 2.20. The molecule has 0 aliphatic heterocycles. The Kier molecular flexibility index (Phi) is 4.54. The standard InChI is InChI=1S/C8H13ClN4O2/c9-7-6(12-10)5-11-13(8(7)15)3-1-2-4-14/h5,12,14H,1-4,10H2. The highest BCUT2D eigenvalue weighted by Crippen LogP contribution is 2.13. The Balaban J connectivity index is 2.83. The zero-order valence-corrected chi connectivity index (χ0v) is 8.87. The van der Waals surface area contributed by atoms with Crippen molar-refractivity contribution in [2.24, 2.45) is 5.84 Å². The first-order chi connectivity index (χ1) is 7.20. The lowest BCUT2D eigenvalue weighted by Crippen LogP contribution is -2.25. The molecule has 0 bridgehead atoms. The first kappa shape index (κ1) is 12.0. The Labute approximate surface area is 91.6 Å². The minimum atomic E-state index is -0.384. The SMILES string of the molecule is NNc1cnn(CCCCO)c(=O)c1Cl. The monoisotopic (exact) mass is 232 g/mol. The zero-order valence-electron chi connectivity index (χ0n) is 8.11. The predicted molar refractivity (Wildman–Crippen MR) is 57.6 cm³/mol. The molecule has 0 saturated heterocycles. The summed E-state index contributed by atoms with van der Waals surface area (Å²) in [7, 11) is 0. The highest BCUT2D eigenvalue weighted by Gasteiger charge is 2.07. The minimum absolute atomic E-state index is 0.0245. The van der Waals surface area contributed by atoms with E-state index in [-0.39, 0.29) is 17.2 Å². The van der Waals surface area contributed by atoms with Crippen LogP contribution in [-0.4, -0.2) is 21.5 Å². The van der Waals surface area contributed by atoms with Gasteiger partial charge in [-0.15, -0.1) is 0 Å². The largest absolute Gasteiger partial charge is 0.396 e. The van der Waals surface area contributed by atoms with Gasteiger partial charge < -0.3 is 10.5 Å². The number of aryl methyl sites for hydroxylation is 1. The molecular formula is C8H13ClN4O2. The van der Waals surface area contributed by atoms with Crippen molar-refractivity contribution in [3.05, 3.63) is 21.6 Å². The smallest absolute Gasteiger partial charge is 0.287 e. The van der Waals surface area contributed by atoms with Crippen LogP contribution in [0.4, 0.5) is 5.69 Å². The van der Waals surface area contributed by atoms with Crippen molar-refractivity contribution in [3.63, 3.8) is 0 Å². The Morgan fingerprint density at radius 3 is 2.93 bits per heavy atom. The van der Waals surface area contributed by atoms with E-state index in [9.17, 15) is 4.79 Å². The number of hydrogen-bond donors (Lipinski definition) is 3. The molecule has 1 rings (SSSR count). The fourth-order valence-corrected chi connectivity index (χ4v) is 1.30. The lowest BCUT2D eigenvalue weighted by Gasteiger charge is -2.06. The van der Waals surface area contributed by atoms with Gasteiger partial charge >= 0.3 is 0 Å². The third-order valence-electron chi connectivity index (χ3n) is 1.92. The molecule has 0 fully saturated rings. The summed E-state index contributed by atoms with van der Waals surface area (Å²) in [5, 5.41) is 12.5. The van der Waals surface area contributed by atoms with Gasteiger partial charge in [-0.3, -0.25) is 10.6 Å². The lowest BCUT2D eigenvalue weighted by molar-refractivity contribution is 0.279. The molecule has 0 spiro atoms. The highest BCUT2D eigenvalue weighted by atomic mass is 35.5. The van der Waals surface area contributed by atoms with Gasteiger partial charge in [0, 0.05) is 13.2 Å². The van der Waals surface area contributed by atoms with E-state index in [0.29, 0.717) is 25.1 Å². The van der Waals surface area contributed by atoms with Crippen LogP contribution in [0.2, 0.25) is 5.02 Å². The normalized spacial score (nSPS) is 10.3. The van der Waals surface area contributed by atoms with Crippen molar-refractivity contribution in [2.45, 2.75) is 19.4 Å². The van der Waals surface area contributed by atoms with Crippen molar-refractivity contribution in [1.29, 1.82) is 0 Å². The molecule has 0 aliphatic rings. The second-order valence-corrected chi connectivity index (χ2v) is 3.35. The third-order valence-corrected chi connectivity index (χ3v) is 2.28. The number of nitrogens with one attached hydrogen (secondary N) is 1. The number of aliphatic hydroxyl groups excluding tert-OH is 1. The molecular weight excluding hydrogens is 220 g/mol. The molecule has 0 aliphatic carbocycles. The maximum Gasteiger partial charge on any atom is 0.287 e. The van der Waals surface area contributed by atoms with Crippen molar-refractivity contribution in [2.75, 3.05) is 12.0 Å². The predicted octanol–water partition coefficient (Wildman–Crippen LogP) is -0.0452. The first-order valence-electron chi connectivity index (χ1n) is 4.53. The molecule has 0 aromatic carbocycles. The molecule has 0 unspecified atom stereocenters. The molecule has 7 heteroatoms. The maximum absolute atomic E-state index is 11.6. The van der Waals surface area contributed by atoms with Gasteiger partial charge in [0.15, 0.2) is 0 Å². The van der Waals surface area contributed by atoms with E-state index in [1.807, 2.05) is 0 Å². The molecule has 1 heterocycles. The van der Waals surface area contributed by atoms with Crippen LogP contribution < -0.4 is 16.8 Å². The molecule has 15 heavy (non-hydrogen) atoms. The fourth-order valence-electron chi connectivity index (χ4n) is 1.10. The van der Waals surface area contributed by atoms with Gasteiger partial charge in [-0.2, -0.15) is 5.10 Å². The molecule has 0 atom stereocenters. The lowest BCUT2D eigenvalue weighted by atomic mass is 10.3. The van der Waals surface area contributed by atoms with Crippen LogP contribution in [0, 0.1) is 0 Å². The number of nitrogens with two attached hydrogens (primary N) is 1. The summed E-state index contributed by atoms with van der Waals surface area (Å²) in [6.45, 7) is 0.537. The molecule has 0 amide bonds. The van der Waals surface area contributed by atoms with E-state index in [0.717, 1.165) is 0 Å². The van der Waals surface area contributed by atoms with E-state index in [4.69, 9.17) is 22.6 Å². The van der Waals surface area contributed by atoms with Crippen molar-refractivity contribution in [3.8, 4) is 0 Å². The number of halogens is 1. The first-order valence-corrected chi connectivity index (χ1v) is 4.91. The van der Waals surface area contributed by atoms with Crippen LogP contribution in [0.1, 0.15) is 12.8 Å². The number of anilines is 1. The van der Waals surface area contributed by atoms with E-state index in [1.54, 1.807) is 0 Å². The van der Waals surface area contributed by atoms with Crippen molar-refractivity contribution < 1.29 is 5.11 Å². The van der Waals surface area contributed by atoms with Crippen LogP contribution in [-0.2, 0) is 6.54 Å². The Hall–Kier alpha value is -1.11. The van der Waals surface area contributed by atoms with E-state index < -0.39 is 0 Å². The van der Waals surface area contributed by atoms with Crippen molar-refractivity contribution in [1.82, 2.24) is 9.78 Å². The zero-order chi connectivity index (χ0) is 11.3. The summed E-state index contributed by atoms with van der Waals surface area (Å²) in [4.78, 5) is 11.6. The number of nitrogen functional groups attached to an aromatic ring is 1. The topological polar surface area (TPSA) is 93.2 Å². The summed E-state index contributed by atoms with van der Waals surface area (Å²) < 4.78 is 1.25. The van der Waals surface area contributed by atoms with Gasteiger partial charge in [0.1, 0.15) is 5.02 Å². The van der Waals surface area contributed by atoms with Gasteiger partial charge in [-0.1, -0.05) is 11.6 Å². The van der Waals surface area contributed by atoms with E-state index in [2.05, 4.69) is 10.5 Å². The van der Waals surface area contributed by atoms with Gasteiger partial charge in [0.25, 0.3) is 5.56 Å². The second kappa shape index (κ2) is 5.69. The maximum atomic E-state index is 11.6. The van der Waals surface area contributed by atoms with Crippen LogP contribution in [0.25, 0.3) is 0 Å². The molecule has 4 N–H and O–H groups in total. The molecule has 0 saturated carbocycles. The number of aromatic nitrogens is 2.